The number of benzene rings is 2. The molecule has 3 N–H and O–H groups in total. The summed E-state index contributed by atoms with van der Waals surface area (Å²) >= 11 is 1.57. The molecule has 0 saturated heterocycles. The highest BCUT2D eigenvalue weighted by molar-refractivity contribution is 7.99. The van der Waals surface area contributed by atoms with Crippen LogP contribution in [0.3, 0.4) is 0 Å². The lowest BCUT2D eigenvalue weighted by Crippen LogP contribution is -2.01. The van der Waals surface area contributed by atoms with Crippen LogP contribution in [0.4, 0.5) is 5.69 Å². The van der Waals surface area contributed by atoms with Gasteiger partial charge in [0.25, 0.3) is 0 Å². The molecular weight excluding hydrogens is 258 g/mol. The van der Waals surface area contributed by atoms with Gasteiger partial charge in [-0.1, -0.05) is 17.8 Å². The number of nitrogens with two attached hydrogens (primary N) is 1. The van der Waals surface area contributed by atoms with Crippen LogP contribution in [0, 0.1) is 13.8 Å². The number of aryl methyl sites for hydroxylation is 2. The zero-order valence-electron chi connectivity index (χ0n) is 10.8. The fourth-order valence-corrected chi connectivity index (χ4v) is 2.68. The summed E-state index contributed by atoms with van der Waals surface area (Å²) in [6.45, 7) is 4.14. The third-order valence-electron chi connectivity index (χ3n) is 2.97. The highest BCUT2D eigenvalue weighted by Gasteiger charge is 2.08. The number of nitrogen functional groups attached to an aromatic ring is 1. The summed E-state index contributed by atoms with van der Waals surface area (Å²) in [5.41, 5.74) is 8.66. The second-order valence-electron chi connectivity index (χ2n) is 4.40. The summed E-state index contributed by atoms with van der Waals surface area (Å²) in [7, 11) is 0. The SMILES string of the molecule is Cc1ccc(Sc2ccc(C(=O)O)c(N)c2)cc1C. The van der Waals surface area contributed by atoms with Crippen LogP contribution in [0.25, 0.3) is 0 Å². The molecule has 4 heteroatoms. The second-order valence-corrected chi connectivity index (χ2v) is 5.55. The van der Waals surface area contributed by atoms with Crippen molar-refractivity contribution in [1.29, 1.82) is 0 Å². The van der Waals surface area contributed by atoms with Gasteiger partial charge in [0.05, 0.1) is 5.56 Å². The molecular formula is C15H15NO2S. The molecule has 0 unspecified atom stereocenters. The first kappa shape index (κ1) is 13.5. The fraction of sp³-hybridized carbons (Fsp3) is 0.133. The van der Waals surface area contributed by atoms with Crippen LogP contribution in [0.15, 0.2) is 46.2 Å². The Labute approximate surface area is 116 Å². The molecule has 0 heterocycles. The maximum atomic E-state index is 10.9. The Balaban J connectivity index is 2.26. The highest BCUT2D eigenvalue weighted by Crippen LogP contribution is 2.31. The van der Waals surface area contributed by atoms with Gasteiger partial charge in [0.15, 0.2) is 0 Å². The van der Waals surface area contributed by atoms with Gasteiger partial charge in [0.1, 0.15) is 0 Å². The van der Waals surface area contributed by atoms with E-state index in [1.165, 1.54) is 11.1 Å². The van der Waals surface area contributed by atoms with E-state index < -0.39 is 5.97 Å². The van der Waals surface area contributed by atoms with Crippen LogP contribution in [0.5, 0.6) is 0 Å². The summed E-state index contributed by atoms with van der Waals surface area (Å²) in [6, 6.07) is 11.3. The van der Waals surface area contributed by atoms with Crippen LogP contribution in [0.1, 0.15) is 21.5 Å². The summed E-state index contributed by atoms with van der Waals surface area (Å²) in [6.07, 6.45) is 0. The monoisotopic (exact) mass is 273 g/mol. The molecule has 0 atom stereocenters. The molecule has 0 aliphatic rings. The Morgan fingerprint density at radius 3 is 2.26 bits per heavy atom. The van der Waals surface area contributed by atoms with Crippen LogP contribution in [0.2, 0.25) is 0 Å². The Hall–Kier alpha value is -1.94. The average molecular weight is 273 g/mol. The van der Waals surface area contributed by atoms with E-state index in [1.807, 2.05) is 6.07 Å². The molecule has 0 aliphatic heterocycles. The number of carboxylic acids is 1. The third kappa shape index (κ3) is 3.09. The Bertz CT molecular complexity index is 638. The Morgan fingerprint density at radius 1 is 1.05 bits per heavy atom. The van der Waals surface area contributed by atoms with Crippen molar-refractivity contribution < 1.29 is 9.90 Å². The molecule has 0 saturated carbocycles. The lowest BCUT2D eigenvalue weighted by atomic mass is 10.1. The number of hydrogen-bond donors (Lipinski definition) is 2. The smallest absolute Gasteiger partial charge is 0.337 e. The van der Waals surface area contributed by atoms with Crippen molar-refractivity contribution in [2.45, 2.75) is 23.6 Å². The van der Waals surface area contributed by atoms with Crippen molar-refractivity contribution in [3.05, 3.63) is 53.1 Å². The van der Waals surface area contributed by atoms with Crippen LogP contribution >= 0.6 is 11.8 Å². The van der Waals surface area contributed by atoms with Crippen LogP contribution in [-0.2, 0) is 0 Å². The fourth-order valence-electron chi connectivity index (χ4n) is 1.71. The first-order valence-electron chi connectivity index (χ1n) is 5.85. The molecule has 98 valence electrons. The van der Waals surface area contributed by atoms with Crippen molar-refractivity contribution in [2.75, 3.05) is 5.73 Å². The number of rotatable bonds is 3. The van der Waals surface area contributed by atoms with E-state index in [0.29, 0.717) is 5.69 Å². The topological polar surface area (TPSA) is 63.3 Å². The molecule has 2 rings (SSSR count). The summed E-state index contributed by atoms with van der Waals surface area (Å²) in [5.74, 6) is -1.000. The Kier molecular flexibility index (Phi) is 3.81. The van der Waals surface area contributed by atoms with Gasteiger partial charge >= 0.3 is 5.97 Å². The first-order chi connectivity index (χ1) is 8.97. The average Bonchev–Trinajstić information content (AvgIpc) is 2.33. The largest absolute Gasteiger partial charge is 0.478 e. The van der Waals surface area contributed by atoms with E-state index in [2.05, 4.69) is 26.0 Å². The van der Waals surface area contributed by atoms with Gasteiger partial charge in [-0.05, 0) is 55.3 Å². The molecule has 19 heavy (non-hydrogen) atoms. The molecule has 0 aliphatic carbocycles. The zero-order chi connectivity index (χ0) is 14.0. The van der Waals surface area contributed by atoms with Gasteiger partial charge < -0.3 is 10.8 Å². The normalized spacial score (nSPS) is 10.4. The van der Waals surface area contributed by atoms with Gasteiger partial charge in [-0.3, -0.25) is 0 Å². The number of anilines is 1. The summed E-state index contributed by atoms with van der Waals surface area (Å²) < 4.78 is 0. The third-order valence-corrected chi connectivity index (χ3v) is 3.95. The summed E-state index contributed by atoms with van der Waals surface area (Å²) in [5, 5.41) is 8.93. The van der Waals surface area contributed by atoms with Crippen molar-refractivity contribution >= 4 is 23.4 Å². The summed E-state index contributed by atoms with van der Waals surface area (Å²) in [4.78, 5) is 12.9. The van der Waals surface area contributed by atoms with E-state index >= 15 is 0 Å². The van der Waals surface area contributed by atoms with Gasteiger partial charge in [0, 0.05) is 15.5 Å². The molecule has 0 amide bonds. The number of aromatic carboxylic acids is 1. The van der Waals surface area contributed by atoms with Gasteiger partial charge in [-0.25, -0.2) is 4.79 Å². The standard InChI is InChI=1S/C15H15NO2S/c1-9-3-4-11(7-10(9)2)19-12-5-6-13(15(17)18)14(16)8-12/h3-8H,16H2,1-2H3,(H,17,18). The lowest BCUT2D eigenvalue weighted by Gasteiger charge is -2.07. The minimum atomic E-state index is -1.000. The quantitative estimate of drug-likeness (QED) is 0.836. The molecule has 2 aromatic carbocycles. The van der Waals surface area contributed by atoms with Crippen molar-refractivity contribution in [3.63, 3.8) is 0 Å². The minimum absolute atomic E-state index is 0.143. The predicted octanol–water partition coefficient (Wildman–Crippen LogP) is 3.74. The van der Waals surface area contributed by atoms with Crippen LogP contribution < -0.4 is 5.73 Å². The maximum absolute atomic E-state index is 10.9. The van der Waals surface area contributed by atoms with Gasteiger partial charge in [-0.15, -0.1) is 0 Å². The number of hydrogen-bond acceptors (Lipinski definition) is 3. The van der Waals surface area contributed by atoms with E-state index in [4.69, 9.17) is 10.8 Å². The molecule has 0 bridgehead atoms. The van der Waals surface area contributed by atoms with E-state index in [9.17, 15) is 4.79 Å². The van der Waals surface area contributed by atoms with Crippen molar-refractivity contribution in [1.82, 2.24) is 0 Å². The maximum Gasteiger partial charge on any atom is 0.337 e. The molecule has 2 aromatic rings. The molecule has 0 fully saturated rings. The van der Waals surface area contributed by atoms with E-state index in [-0.39, 0.29) is 5.56 Å². The number of carboxylic acid groups (broad SMARTS) is 1. The predicted molar refractivity (Wildman–Crippen MR) is 77.9 cm³/mol. The number of carbonyl (C=O) groups is 1. The second kappa shape index (κ2) is 5.36. The first-order valence-corrected chi connectivity index (χ1v) is 6.67. The molecule has 3 nitrogen and oxygen atoms in total. The Morgan fingerprint density at radius 2 is 1.68 bits per heavy atom. The van der Waals surface area contributed by atoms with Crippen molar-refractivity contribution in [3.8, 4) is 0 Å². The minimum Gasteiger partial charge on any atom is -0.478 e. The highest BCUT2D eigenvalue weighted by atomic mass is 32.2. The lowest BCUT2D eigenvalue weighted by molar-refractivity contribution is 0.0698. The van der Waals surface area contributed by atoms with E-state index in [0.717, 1.165) is 9.79 Å². The van der Waals surface area contributed by atoms with Gasteiger partial charge in [-0.2, -0.15) is 0 Å². The van der Waals surface area contributed by atoms with E-state index in [1.54, 1.807) is 30.0 Å². The molecule has 0 spiro atoms. The van der Waals surface area contributed by atoms with Gasteiger partial charge in [0.2, 0.25) is 0 Å². The van der Waals surface area contributed by atoms with Crippen molar-refractivity contribution in [2.24, 2.45) is 0 Å². The molecule has 0 radical (unpaired) electrons. The van der Waals surface area contributed by atoms with Crippen LogP contribution in [-0.4, -0.2) is 11.1 Å². The molecule has 0 aromatic heterocycles. The zero-order valence-corrected chi connectivity index (χ0v) is 11.6.